The Balaban J connectivity index is 0.000000178. The van der Waals surface area contributed by atoms with Gasteiger partial charge in [-0.15, -0.1) is 0 Å². The fourth-order valence-electron chi connectivity index (χ4n) is 5.93. The monoisotopic (exact) mass is 608 g/mol. The maximum atomic E-state index is 6.20. The van der Waals surface area contributed by atoms with Crippen LogP contribution in [0.1, 0.15) is 48.0 Å². The standard InChI is InChI=1S/C18H25N5.C17H23N5/c1-5-10-22(4)18-21-15-16(23(18)11-12(2)3)13-8-6-7-9-14(13)20-17(15)19;1-5-21(4)17-20-14-15(22(17)10-11(2)3)12-8-6-7-9-13(12)19-16(14)18/h6-9,12H,5,10-11H2,1-4H3,(H2,19,20);6-9,11H,5,10H2,1-4H3,(H2,18,19). The van der Waals surface area contributed by atoms with Crippen LogP contribution in [-0.2, 0) is 13.1 Å². The van der Waals surface area contributed by atoms with Crippen molar-refractivity contribution in [3.63, 3.8) is 0 Å². The summed E-state index contributed by atoms with van der Waals surface area (Å²) in [5, 5.41) is 2.22. The smallest absolute Gasteiger partial charge is 0.206 e. The van der Waals surface area contributed by atoms with Gasteiger partial charge >= 0.3 is 0 Å². The maximum absolute atomic E-state index is 6.20. The number of para-hydroxylation sites is 2. The first-order valence-electron chi connectivity index (χ1n) is 16.1. The molecule has 0 aliphatic carbocycles. The van der Waals surface area contributed by atoms with E-state index in [0.29, 0.717) is 23.5 Å². The summed E-state index contributed by atoms with van der Waals surface area (Å²) in [6.45, 7) is 16.9. The largest absolute Gasteiger partial charge is 0.382 e. The van der Waals surface area contributed by atoms with E-state index in [1.54, 1.807) is 0 Å². The molecular formula is C35H48N10. The minimum Gasteiger partial charge on any atom is -0.382 e. The normalized spacial score (nSPS) is 11.7. The molecule has 0 saturated carbocycles. The van der Waals surface area contributed by atoms with E-state index in [0.717, 1.165) is 88.4 Å². The molecule has 10 heteroatoms. The summed E-state index contributed by atoms with van der Waals surface area (Å²) in [6, 6.07) is 16.3. The van der Waals surface area contributed by atoms with Gasteiger partial charge in [0.25, 0.3) is 0 Å². The highest BCUT2D eigenvalue weighted by Crippen LogP contribution is 2.33. The third kappa shape index (κ3) is 6.18. The minimum atomic E-state index is 0.502. The zero-order valence-corrected chi connectivity index (χ0v) is 28.0. The van der Waals surface area contributed by atoms with Crippen LogP contribution in [0.4, 0.5) is 23.5 Å². The summed E-state index contributed by atoms with van der Waals surface area (Å²) < 4.78 is 4.58. The lowest BCUT2D eigenvalue weighted by molar-refractivity contribution is 0.531. The second kappa shape index (κ2) is 13.2. The van der Waals surface area contributed by atoms with Crippen molar-refractivity contribution >= 4 is 67.4 Å². The number of rotatable bonds is 9. The van der Waals surface area contributed by atoms with Crippen LogP contribution in [0, 0.1) is 11.8 Å². The second-order valence-corrected chi connectivity index (χ2v) is 12.7. The van der Waals surface area contributed by atoms with Crippen LogP contribution in [-0.4, -0.2) is 56.3 Å². The first kappa shape index (κ1) is 31.8. The Morgan fingerprint density at radius 2 is 1.07 bits per heavy atom. The fraction of sp³-hybridized carbons (Fsp3) is 0.429. The molecule has 2 aromatic carbocycles. The van der Waals surface area contributed by atoms with E-state index < -0.39 is 0 Å². The van der Waals surface area contributed by atoms with Gasteiger partial charge in [0.15, 0.2) is 11.6 Å². The van der Waals surface area contributed by atoms with Crippen molar-refractivity contribution in [2.45, 2.75) is 61.1 Å². The molecule has 0 saturated heterocycles. The van der Waals surface area contributed by atoms with E-state index in [1.807, 2.05) is 36.4 Å². The molecule has 4 aromatic heterocycles. The first-order chi connectivity index (χ1) is 21.5. The number of benzene rings is 2. The van der Waals surface area contributed by atoms with Crippen LogP contribution in [0.25, 0.3) is 43.9 Å². The quantitative estimate of drug-likeness (QED) is 0.181. The summed E-state index contributed by atoms with van der Waals surface area (Å²) in [5.74, 6) is 3.98. The molecule has 0 fully saturated rings. The van der Waals surface area contributed by atoms with Gasteiger partial charge in [0.1, 0.15) is 11.0 Å². The number of nitrogens with zero attached hydrogens (tertiary/aromatic N) is 8. The number of aromatic nitrogens is 6. The van der Waals surface area contributed by atoms with Crippen molar-refractivity contribution in [1.82, 2.24) is 29.1 Å². The molecule has 4 N–H and O–H groups in total. The van der Waals surface area contributed by atoms with Crippen molar-refractivity contribution in [3.05, 3.63) is 48.5 Å². The van der Waals surface area contributed by atoms with E-state index in [9.17, 15) is 0 Å². The third-order valence-electron chi connectivity index (χ3n) is 7.99. The number of imidazole rings is 2. The highest BCUT2D eigenvalue weighted by atomic mass is 15.3. The van der Waals surface area contributed by atoms with Crippen molar-refractivity contribution in [1.29, 1.82) is 0 Å². The SMILES string of the molecule is CCCN(C)c1nc2c(N)nc3ccccc3c2n1CC(C)C.CCN(C)c1nc2c(N)nc3ccccc3c2n1CC(C)C. The molecule has 0 aliphatic heterocycles. The molecule has 0 spiro atoms. The molecule has 0 atom stereocenters. The van der Waals surface area contributed by atoms with Crippen LogP contribution in [0.5, 0.6) is 0 Å². The van der Waals surface area contributed by atoms with Gasteiger partial charge in [0.2, 0.25) is 11.9 Å². The highest BCUT2D eigenvalue weighted by molar-refractivity contribution is 6.08. The summed E-state index contributed by atoms with van der Waals surface area (Å²) in [7, 11) is 4.15. The average Bonchev–Trinajstić information content (AvgIpc) is 3.57. The zero-order valence-electron chi connectivity index (χ0n) is 28.0. The lowest BCUT2D eigenvalue weighted by atomic mass is 10.1. The number of fused-ring (bicyclic) bond motifs is 6. The van der Waals surface area contributed by atoms with E-state index in [2.05, 4.69) is 96.7 Å². The number of hydrogen-bond donors (Lipinski definition) is 2. The second-order valence-electron chi connectivity index (χ2n) is 12.7. The summed E-state index contributed by atoms with van der Waals surface area (Å²) in [5.41, 5.74) is 18.0. The Morgan fingerprint density at radius 3 is 1.47 bits per heavy atom. The van der Waals surface area contributed by atoms with Gasteiger partial charge in [-0.3, -0.25) is 0 Å². The van der Waals surface area contributed by atoms with Gasteiger partial charge in [0.05, 0.1) is 22.1 Å². The van der Waals surface area contributed by atoms with Gasteiger partial charge in [-0.25, -0.2) is 19.9 Å². The average molecular weight is 609 g/mol. The highest BCUT2D eigenvalue weighted by Gasteiger charge is 2.21. The number of pyridine rings is 2. The molecule has 10 nitrogen and oxygen atoms in total. The van der Waals surface area contributed by atoms with E-state index in [-0.39, 0.29) is 0 Å². The van der Waals surface area contributed by atoms with Crippen molar-refractivity contribution in [2.24, 2.45) is 11.8 Å². The Hall–Kier alpha value is -4.60. The lowest BCUT2D eigenvalue weighted by Gasteiger charge is -2.20. The van der Waals surface area contributed by atoms with Crippen LogP contribution in [0.15, 0.2) is 48.5 Å². The topological polar surface area (TPSA) is 120 Å². The van der Waals surface area contributed by atoms with Crippen LogP contribution in [0.3, 0.4) is 0 Å². The number of hydrogen-bond acceptors (Lipinski definition) is 8. The van der Waals surface area contributed by atoms with E-state index >= 15 is 0 Å². The summed E-state index contributed by atoms with van der Waals surface area (Å²) in [6.07, 6.45) is 1.08. The van der Waals surface area contributed by atoms with Gasteiger partial charge in [0, 0.05) is 51.0 Å². The molecule has 4 heterocycles. The van der Waals surface area contributed by atoms with Crippen molar-refractivity contribution < 1.29 is 0 Å². The number of nitrogens with two attached hydrogens (primary N) is 2. The minimum absolute atomic E-state index is 0.502. The van der Waals surface area contributed by atoms with Crippen molar-refractivity contribution in [3.8, 4) is 0 Å². The predicted molar refractivity (Wildman–Crippen MR) is 191 cm³/mol. The Morgan fingerprint density at radius 1 is 0.644 bits per heavy atom. The predicted octanol–water partition coefficient (Wildman–Crippen LogP) is 6.95. The fourth-order valence-corrected chi connectivity index (χ4v) is 5.93. The summed E-state index contributed by atoms with van der Waals surface area (Å²) in [4.78, 5) is 23.0. The van der Waals surface area contributed by atoms with Gasteiger partial charge in [-0.2, -0.15) is 0 Å². The number of nitrogen functional groups attached to an aromatic ring is 2. The van der Waals surface area contributed by atoms with E-state index in [1.165, 1.54) is 0 Å². The molecule has 6 aromatic rings. The van der Waals surface area contributed by atoms with Gasteiger partial charge < -0.3 is 30.4 Å². The molecule has 0 unspecified atom stereocenters. The van der Waals surface area contributed by atoms with Gasteiger partial charge in [-0.1, -0.05) is 71.0 Å². The third-order valence-corrected chi connectivity index (χ3v) is 7.99. The van der Waals surface area contributed by atoms with Gasteiger partial charge in [-0.05, 0) is 37.3 Å². The van der Waals surface area contributed by atoms with Crippen LogP contribution in [0.2, 0.25) is 0 Å². The van der Waals surface area contributed by atoms with E-state index in [4.69, 9.17) is 21.4 Å². The number of anilines is 4. The lowest BCUT2D eigenvalue weighted by Crippen LogP contribution is -2.23. The molecule has 0 radical (unpaired) electrons. The van der Waals surface area contributed by atoms with Crippen LogP contribution < -0.4 is 21.3 Å². The summed E-state index contributed by atoms with van der Waals surface area (Å²) >= 11 is 0. The van der Waals surface area contributed by atoms with Crippen LogP contribution >= 0.6 is 0 Å². The molecular weight excluding hydrogens is 560 g/mol. The molecule has 238 valence electrons. The first-order valence-corrected chi connectivity index (χ1v) is 16.1. The molecule has 0 aliphatic rings. The molecule has 45 heavy (non-hydrogen) atoms. The maximum Gasteiger partial charge on any atom is 0.206 e. The zero-order chi connectivity index (χ0) is 32.4. The molecule has 0 bridgehead atoms. The molecule has 0 amide bonds. The van der Waals surface area contributed by atoms with Crippen molar-refractivity contribution in [2.75, 3.05) is 48.5 Å². The molecule has 6 rings (SSSR count). The Labute approximate surface area is 266 Å². The Kier molecular flexibility index (Phi) is 9.32. The Bertz CT molecular complexity index is 1930.